The lowest BCUT2D eigenvalue weighted by Crippen LogP contribution is -2.00. The number of ether oxygens (including phenoxy) is 1. The van der Waals surface area contributed by atoms with Gasteiger partial charge < -0.3 is 4.74 Å². The maximum Gasteiger partial charge on any atom is 0.123 e. The van der Waals surface area contributed by atoms with Gasteiger partial charge >= 0.3 is 0 Å². The summed E-state index contributed by atoms with van der Waals surface area (Å²) in [4.78, 5) is 0. The molecular formula is C16H14FN3O. The molecule has 1 aromatic heterocycles. The van der Waals surface area contributed by atoms with Gasteiger partial charge in [-0.2, -0.15) is 0 Å². The van der Waals surface area contributed by atoms with E-state index in [0.29, 0.717) is 6.54 Å². The van der Waals surface area contributed by atoms with Crippen molar-refractivity contribution in [2.45, 2.75) is 6.54 Å². The van der Waals surface area contributed by atoms with Crippen LogP contribution < -0.4 is 4.74 Å². The van der Waals surface area contributed by atoms with Crippen molar-refractivity contribution in [3.63, 3.8) is 0 Å². The van der Waals surface area contributed by atoms with Crippen LogP contribution in [0.4, 0.5) is 4.39 Å². The third-order valence-electron chi connectivity index (χ3n) is 3.18. The Morgan fingerprint density at radius 2 is 1.76 bits per heavy atom. The maximum absolute atomic E-state index is 12.9. The van der Waals surface area contributed by atoms with Crippen molar-refractivity contribution in [3.05, 3.63) is 66.1 Å². The molecule has 3 rings (SSSR count). The van der Waals surface area contributed by atoms with Crippen LogP contribution in [0.2, 0.25) is 0 Å². The molecule has 5 heteroatoms. The minimum atomic E-state index is -0.260. The first-order chi connectivity index (χ1) is 10.2. The van der Waals surface area contributed by atoms with Gasteiger partial charge in [-0.25, -0.2) is 9.07 Å². The number of aromatic nitrogens is 3. The number of halogens is 1. The van der Waals surface area contributed by atoms with Gasteiger partial charge in [0.2, 0.25) is 0 Å². The first-order valence-electron chi connectivity index (χ1n) is 6.53. The molecule has 0 spiro atoms. The van der Waals surface area contributed by atoms with Gasteiger partial charge in [0.15, 0.2) is 0 Å². The first kappa shape index (κ1) is 13.3. The molecule has 0 saturated heterocycles. The van der Waals surface area contributed by atoms with Gasteiger partial charge in [0, 0.05) is 5.56 Å². The molecule has 0 fully saturated rings. The number of rotatable bonds is 4. The van der Waals surface area contributed by atoms with E-state index in [9.17, 15) is 4.39 Å². The Labute approximate surface area is 121 Å². The summed E-state index contributed by atoms with van der Waals surface area (Å²) in [6.45, 7) is 0.623. The van der Waals surface area contributed by atoms with Crippen molar-refractivity contribution < 1.29 is 9.13 Å². The van der Waals surface area contributed by atoms with Crippen LogP contribution in [0.15, 0.2) is 54.7 Å². The van der Waals surface area contributed by atoms with Gasteiger partial charge in [-0.15, -0.1) is 5.10 Å². The molecule has 106 valence electrons. The molecule has 0 aliphatic heterocycles. The minimum absolute atomic E-state index is 0.260. The van der Waals surface area contributed by atoms with Crippen molar-refractivity contribution >= 4 is 0 Å². The van der Waals surface area contributed by atoms with Crippen LogP contribution in [-0.4, -0.2) is 22.1 Å². The van der Waals surface area contributed by atoms with Crippen LogP contribution in [0.1, 0.15) is 5.56 Å². The number of benzene rings is 2. The molecule has 3 aromatic rings. The quantitative estimate of drug-likeness (QED) is 0.738. The second-order valence-electron chi connectivity index (χ2n) is 4.66. The molecular weight excluding hydrogens is 269 g/mol. The topological polar surface area (TPSA) is 39.9 Å². The predicted octanol–water partition coefficient (Wildman–Crippen LogP) is 3.14. The maximum atomic E-state index is 12.9. The highest BCUT2D eigenvalue weighted by atomic mass is 19.1. The fourth-order valence-electron chi connectivity index (χ4n) is 2.05. The monoisotopic (exact) mass is 283 g/mol. The number of hydrogen-bond acceptors (Lipinski definition) is 3. The summed E-state index contributed by atoms with van der Waals surface area (Å²) in [6.07, 6.45) is 1.84. The summed E-state index contributed by atoms with van der Waals surface area (Å²) in [7, 11) is 1.64. The van der Waals surface area contributed by atoms with E-state index in [4.69, 9.17) is 4.74 Å². The predicted molar refractivity (Wildman–Crippen MR) is 77.5 cm³/mol. The Bertz CT molecular complexity index is 720. The SMILES string of the molecule is COc1ccc(Cn2cc(-c3ccc(F)cc3)nn2)cc1. The Kier molecular flexibility index (Phi) is 3.64. The van der Waals surface area contributed by atoms with Crippen molar-refractivity contribution in [1.82, 2.24) is 15.0 Å². The zero-order valence-electron chi connectivity index (χ0n) is 11.5. The average molecular weight is 283 g/mol. The standard InChI is InChI=1S/C16H14FN3O/c1-21-15-8-2-12(3-9-15)10-20-11-16(18-19-20)13-4-6-14(17)7-5-13/h2-9,11H,10H2,1H3. The van der Waals surface area contributed by atoms with Gasteiger partial charge in [0.05, 0.1) is 19.9 Å². The van der Waals surface area contributed by atoms with Crippen LogP contribution >= 0.6 is 0 Å². The molecule has 0 N–H and O–H groups in total. The van der Waals surface area contributed by atoms with Crippen LogP contribution in [-0.2, 0) is 6.54 Å². The summed E-state index contributed by atoms with van der Waals surface area (Å²) in [5.74, 6) is 0.564. The highest BCUT2D eigenvalue weighted by Crippen LogP contribution is 2.17. The second-order valence-corrected chi connectivity index (χ2v) is 4.66. The van der Waals surface area contributed by atoms with E-state index in [1.807, 2.05) is 30.5 Å². The number of nitrogens with zero attached hydrogens (tertiary/aromatic N) is 3. The highest BCUT2D eigenvalue weighted by molar-refractivity contribution is 5.57. The Hall–Kier alpha value is -2.69. The Morgan fingerprint density at radius 3 is 2.43 bits per heavy atom. The minimum Gasteiger partial charge on any atom is -0.497 e. The molecule has 2 aromatic carbocycles. The van der Waals surface area contributed by atoms with E-state index in [0.717, 1.165) is 22.6 Å². The van der Waals surface area contributed by atoms with Crippen LogP contribution in [0.3, 0.4) is 0 Å². The van der Waals surface area contributed by atoms with Crippen molar-refractivity contribution in [3.8, 4) is 17.0 Å². The first-order valence-corrected chi connectivity index (χ1v) is 6.53. The molecule has 1 heterocycles. The number of methoxy groups -OCH3 is 1. The van der Waals surface area contributed by atoms with E-state index in [2.05, 4.69) is 10.3 Å². The Morgan fingerprint density at radius 1 is 1.05 bits per heavy atom. The Balaban J connectivity index is 1.76. The molecule has 0 atom stereocenters. The van der Waals surface area contributed by atoms with Gasteiger partial charge in [0.1, 0.15) is 17.3 Å². The summed E-state index contributed by atoms with van der Waals surface area (Å²) >= 11 is 0. The summed E-state index contributed by atoms with van der Waals surface area (Å²) in [5.41, 5.74) is 2.67. The van der Waals surface area contributed by atoms with E-state index >= 15 is 0 Å². The van der Waals surface area contributed by atoms with E-state index < -0.39 is 0 Å². The van der Waals surface area contributed by atoms with Crippen molar-refractivity contribution in [1.29, 1.82) is 0 Å². The highest BCUT2D eigenvalue weighted by Gasteiger charge is 2.05. The van der Waals surface area contributed by atoms with Crippen LogP contribution in [0, 0.1) is 5.82 Å². The third kappa shape index (κ3) is 3.08. The van der Waals surface area contributed by atoms with Gasteiger partial charge in [0.25, 0.3) is 0 Å². The summed E-state index contributed by atoms with van der Waals surface area (Å²) in [6, 6.07) is 14.0. The van der Waals surface area contributed by atoms with Gasteiger partial charge in [-0.05, 0) is 42.0 Å². The molecule has 0 bridgehead atoms. The summed E-state index contributed by atoms with van der Waals surface area (Å²) in [5, 5.41) is 8.21. The van der Waals surface area contributed by atoms with Gasteiger partial charge in [-0.1, -0.05) is 17.3 Å². The van der Waals surface area contributed by atoms with Crippen LogP contribution in [0.5, 0.6) is 5.75 Å². The molecule has 0 saturated carbocycles. The molecule has 0 unspecified atom stereocenters. The largest absolute Gasteiger partial charge is 0.497 e. The molecule has 0 amide bonds. The fraction of sp³-hybridized carbons (Fsp3) is 0.125. The lowest BCUT2D eigenvalue weighted by molar-refractivity contribution is 0.414. The smallest absolute Gasteiger partial charge is 0.123 e. The zero-order chi connectivity index (χ0) is 14.7. The lowest BCUT2D eigenvalue weighted by Gasteiger charge is -2.03. The lowest BCUT2D eigenvalue weighted by atomic mass is 10.2. The molecule has 0 aliphatic rings. The van der Waals surface area contributed by atoms with Crippen molar-refractivity contribution in [2.24, 2.45) is 0 Å². The zero-order valence-corrected chi connectivity index (χ0v) is 11.5. The van der Waals surface area contributed by atoms with E-state index in [1.54, 1.807) is 23.9 Å². The molecule has 21 heavy (non-hydrogen) atoms. The molecule has 0 radical (unpaired) electrons. The fourth-order valence-corrected chi connectivity index (χ4v) is 2.05. The van der Waals surface area contributed by atoms with Crippen molar-refractivity contribution in [2.75, 3.05) is 7.11 Å². The number of hydrogen-bond donors (Lipinski definition) is 0. The van der Waals surface area contributed by atoms with Crippen LogP contribution in [0.25, 0.3) is 11.3 Å². The third-order valence-corrected chi connectivity index (χ3v) is 3.18. The molecule has 4 nitrogen and oxygen atoms in total. The second kappa shape index (κ2) is 5.75. The van der Waals surface area contributed by atoms with E-state index in [1.165, 1.54) is 12.1 Å². The molecule has 0 aliphatic carbocycles. The average Bonchev–Trinajstić information content (AvgIpc) is 2.97. The summed E-state index contributed by atoms with van der Waals surface area (Å²) < 4.78 is 19.8. The normalized spacial score (nSPS) is 10.6. The van der Waals surface area contributed by atoms with E-state index in [-0.39, 0.29) is 5.82 Å². The van der Waals surface area contributed by atoms with Gasteiger partial charge in [-0.3, -0.25) is 0 Å².